The van der Waals surface area contributed by atoms with Crippen LogP contribution in [0.4, 0.5) is 15.8 Å². The Labute approximate surface area is 119 Å². The first-order valence-electron chi connectivity index (χ1n) is 6.38. The molecule has 0 aliphatic heterocycles. The number of nitro groups is 1. The Bertz CT molecular complexity index is 814. The summed E-state index contributed by atoms with van der Waals surface area (Å²) in [6, 6.07) is 11.4. The van der Waals surface area contributed by atoms with E-state index in [2.05, 4.69) is 10.3 Å². The Morgan fingerprint density at radius 3 is 2.81 bits per heavy atom. The number of anilines is 1. The molecule has 3 rings (SSSR count). The first-order chi connectivity index (χ1) is 10.2. The van der Waals surface area contributed by atoms with Gasteiger partial charge in [0.15, 0.2) is 5.82 Å². The van der Waals surface area contributed by atoms with Crippen molar-refractivity contribution in [1.82, 2.24) is 4.98 Å². The average molecular weight is 285 g/mol. The van der Waals surface area contributed by atoms with Crippen LogP contribution in [-0.4, -0.2) is 9.91 Å². The Kier molecular flexibility index (Phi) is 3.27. The fourth-order valence-corrected chi connectivity index (χ4v) is 2.33. The van der Waals surface area contributed by atoms with E-state index in [1.807, 2.05) is 30.5 Å². The Morgan fingerprint density at radius 1 is 1.19 bits per heavy atom. The first-order valence-corrected chi connectivity index (χ1v) is 6.38. The van der Waals surface area contributed by atoms with Gasteiger partial charge >= 0.3 is 0 Å². The lowest BCUT2D eigenvalue weighted by Crippen LogP contribution is -2.05. The maximum atomic E-state index is 13.8. The third kappa shape index (κ3) is 2.43. The van der Waals surface area contributed by atoms with Crippen LogP contribution in [0.15, 0.2) is 48.7 Å². The lowest BCUT2D eigenvalue weighted by atomic mass is 10.1. The molecule has 21 heavy (non-hydrogen) atoms. The number of halogens is 1. The van der Waals surface area contributed by atoms with Gasteiger partial charge in [-0.25, -0.2) is 4.39 Å². The molecule has 1 aromatic heterocycles. The van der Waals surface area contributed by atoms with Gasteiger partial charge in [0.05, 0.1) is 4.92 Å². The zero-order valence-electron chi connectivity index (χ0n) is 11.0. The third-order valence-electron chi connectivity index (χ3n) is 3.33. The molecule has 0 radical (unpaired) electrons. The molecule has 0 amide bonds. The number of nitrogens with zero attached hydrogens (tertiary/aromatic N) is 1. The lowest BCUT2D eigenvalue weighted by molar-refractivity contribution is -0.384. The molecule has 0 aliphatic rings. The highest BCUT2D eigenvalue weighted by atomic mass is 19.1. The number of fused-ring (bicyclic) bond motifs is 1. The number of aromatic amines is 1. The standard InChI is InChI=1S/C15H12FN3O2/c16-12-4-2-6-14(19(20)21)15(12)18-9-10-3-1-5-13-11(10)7-8-17-13/h1-8,17-18H,9H2. The van der Waals surface area contributed by atoms with Gasteiger partial charge in [-0.15, -0.1) is 0 Å². The van der Waals surface area contributed by atoms with E-state index in [9.17, 15) is 14.5 Å². The number of nitro benzene ring substituents is 1. The summed E-state index contributed by atoms with van der Waals surface area (Å²) >= 11 is 0. The zero-order valence-corrected chi connectivity index (χ0v) is 11.0. The number of hydrogen-bond donors (Lipinski definition) is 2. The van der Waals surface area contributed by atoms with Gasteiger partial charge in [0.2, 0.25) is 0 Å². The molecule has 0 bridgehead atoms. The molecule has 0 fully saturated rings. The molecule has 2 aromatic carbocycles. The molecule has 0 unspecified atom stereocenters. The van der Waals surface area contributed by atoms with E-state index >= 15 is 0 Å². The minimum absolute atomic E-state index is 0.0879. The number of para-hydroxylation sites is 1. The largest absolute Gasteiger partial charge is 0.373 e. The predicted octanol–water partition coefficient (Wildman–Crippen LogP) is 3.83. The third-order valence-corrected chi connectivity index (χ3v) is 3.33. The predicted molar refractivity (Wildman–Crippen MR) is 78.7 cm³/mol. The van der Waals surface area contributed by atoms with Crippen LogP contribution in [0, 0.1) is 15.9 Å². The summed E-state index contributed by atoms with van der Waals surface area (Å²) in [6.45, 7) is 0.303. The number of nitrogens with one attached hydrogen (secondary N) is 2. The Balaban J connectivity index is 1.92. The molecule has 0 saturated carbocycles. The minimum Gasteiger partial charge on any atom is -0.373 e. The molecule has 6 heteroatoms. The molecule has 3 aromatic rings. The molecular formula is C15H12FN3O2. The van der Waals surface area contributed by atoms with Crippen molar-refractivity contribution in [2.45, 2.75) is 6.54 Å². The van der Waals surface area contributed by atoms with Crippen LogP contribution in [0.5, 0.6) is 0 Å². The molecule has 5 nitrogen and oxygen atoms in total. The summed E-state index contributed by atoms with van der Waals surface area (Å²) in [5, 5.41) is 14.8. The van der Waals surface area contributed by atoms with Crippen molar-refractivity contribution in [2.24, 2.45) is 0 Å². The van der Waals surface area contributed by atoms with Crippen LogP contribution < -0.4 is 5.32 Å². The second-order valence-electron chi connectivity index (χ2n) is 4.60. The molecule has 106 valence electrons. The second kappa shape index (κ2) is 5.24. The van der Waals surface area contributed by atoms with Gasteiger partial charge in [0.25, 0.3) is 5.69 Å². The highest BCUT2D eigenvalue weighted by Crippen LogP contribution is 2.28. The summed E-state index contributed by atoms with van der Waals surface area (Å²) in [5.74, 6) is -0.634. The fraction of sp³-hybridized carbons (Fsp3) is 0.0667. The summed E-state index contributed by atoms with van der Waals surface area (Å²) in [6.07, 6.45) is 1.82. The number of hydrogen-bond acceptors (Lipinski definition) is 3. The van der Waals surface area contributed by atoms with Crippen LogP contribution in [0.1, 0.15) is 5.56 Å². The van der Waals surface area contributed by atoms with E-state index in [1.165, 1.54) is 18.2 Å². The molecule has 0 saturated heterocycles. The van der Waals surface area contributed by atoms with Crippen LogP contribution >= 0.6 is 0 Å². The van der Waals surface area contributed by atoms with Crippen LogP contribution in [-0.2, 0) is 6.54 Å². The van der Waals surface area contributed by atoms with E-state index in [0.29, 0.717) is 6.54 Å². The highest BCUT2D eigenvalue weighted by molar-refractivity contribution is 5.83. The van der Waals surface area contributed by atoms with Crippen molar-refractivity contribution < 1.29 is 9.31 Å². The number of aromatic nitrogens is 1. The van der Waals surface area contributed by atoms with Crippen molar-refractivity contribution in [2.75, 3.05) is 5.32 Å². The number of rotatable bonds is 4. The summed E-state index contributed by atoms with van der Waals surface area (Å²) < 4.78 is 13.8. The summed E-state index contributed by atoms with van der Waals surface area (Å²) in [4.78, 5) is 13.4. The Morgan fingerprint density at radius 2 is 2.00 bits per heavy atom. The van der Waals surface area contributed by atoms with Gasteiger partial charge in [-0.05, 0) is 23.8 Å². The van der Waals surface area contributed by atoms with Crippen LogP contribution in [0.3, 0.4) is 0 Å². The topological polar surface area (TPSA) is 71.0 Å². The second-order valence-corrected chi connectivity index (χ2v) is 4.60. The molecule has 0 atom stereocenters. The van der Waals surface area contributed by atoms with Crippen LogP contribution in [0.2, 0.25) is 0 Å². The number of benzene rings is 2. The normalized spacial score (nSPS) is 10.7. The molecule has 1 heterocycles. The average Bonchev–Trinajstić information content (AvgIpc) is 2.94. The molecule has 0 aliphatic carbocycles. The van der Waals surface area contributed by atoms with Crippen molar-refractivity contribution in [3.05, 3.63) is 70.2 Å². The van der Waals surface area contributed by atoms with Gasteiger partial charge < -0.3 is 10.3 Å². The zero-order chi connectivity index (χ0) is 14.8. The van der Waals surface area contributed by atoms with Gasteiger partial charge in [-0.1, -0.05) is 18.2 Å². The van der Waals surface area contributed by atoms with E-state index in [0.717, 1.165) is 16.5 Å². The quantitative estimate of drug-likeness (QED) is 0.565. The maximum Gasteiger partial charge on any atom is 0.295 e. The van der Waals surface area contributed by atoms with Crippen molar-refractivity contribution in [3.63, 3.8) is 0 Å². The first kappa shape index (κ1) is 13.1. The van der Waals surface area contributed by atoms with E-state index < -0.39 is 10.7 Å². The monoisotopic (exact) mass is 285 g/mol. The van der Waals surface area contributed by atoms with Crippen molar-refractivity contribution in [1.29, 1.82) is 0 Å². The van der Waals surface area contributed by atoms with Crippen LogP contribution in [0.25, 0.3) is 10.9 Å². The van der Waals surface area contributed by atoms with E-state index in [-0.39, 0.29) is 11.4 Å². The SMILES string of the molecule is O=[N+]([O-])c1cccc(F)c1NCc1cccc2[nH]ccc12. The van der Waals surface area contributed by atoms with Crippen molar-refractivity contribution >= 4 is 22.3 Å². The van der Waals surface area contributed by atoms with Gasteiger partial charge in [-0.2, -0.15) is 0 Å². The van der Waals surface area contributed by atoms with Gasteiger partial charge in [0.1, 0.15) is 5.69 Å². The maximum absolute atomic E-state index is 13.8. The van der Waals surface area contributed by atoms with E-state index in [1.54, 1.807) is 0 Å². The minimum atomic E-state index is -0.634. The van der Waals surface area contributed by atoms with Gasteiger partial charge in [-0.3, -0.25) is 10.1 Å². The summed E-state index contributed by atoms with van der Waals surface area (Å²) in [5.41, 5.74) is 1.55. The summed E-state index contributed by atoms with van der Waals surface area (Å²) in [7, 11) is 0. The molecule has 0 spiro atoms. The Hall–Kier alpha value is -2.89. The highest BCUT2D eigenvalue weighted by Gasteiger charge is 2.17. The fourth-order valence-electron chi connectivity index (χ4n) is 2.33. The smallest absolute Gasteiger partial charge is 0.295 e. The molecule has 2 N–H and O–H groups in total. The van der Waals surface area contributed by atoms with Crippen molar-refractivity contribution in [3.8, 4) is 0 Å². The lowest BCUT2D eigenvalue weighted by Gasteiger charge is -2.09. The van der Waals surface area contributed by atoms with Gasteiger partial charge in [0, 0.05) is 29.7 Å². The number of H-pyrrole nitrogens is 1. The molecular weight excluding hydrogens is 273 g/mol. The van der Waals surface area contributed by atoms with E-state index in [4.69, 9.17) is 0 Å².